The summed E-state index contributed by atoms with van der Waals surface area (Å²) in [5, 5.41) is 74.9. The van der Waals surface area contributed by atoms with Crippen LogP contribution in [0.5, 0.6) is 0 Å². The molecular formula is C32H44O17. The largest absolute Gasteiger partial charge is 0.467 e. The molecule has 5 fully saturated rings. The number of esters is 3. The third-order valence-corrected chi connectivity index (χ3v) is 11.7. The fourth-order valence-electron chi connectivity index (χ4n) is 9.71. The van der Waals surface area contributed by atoms with Gasteiger partial charge in [0.15, 0.2) is 11.5 Å². The van der Waals surface area contributed by atoms with Gasteiger partial charge in [-0.3, -0.25) is 9.59 Å². The Morgan fingerprint density at radius 1 is 1.04 bits per heavy atom. The van der Waals surface area contributed by atoms with Gasteiger partial charge >= 0.3 is 17.9 Å². The van der Waals surface area contributed by atoms with Crippen molar-refractivity contribution in [1.82, 2.24) is 0 Å². The van der Waals surface area contributed by atoms with Crippen LogP contribution in [0, 0.1) is 34.5 Å². The summed E-state index contributed by atoms with van der Waals surface area (Å²) < 4.78 is 34.0. The molecule has 16 atom stereocenters. The number of fused-ring (bicyclic) bond motifs is 2. The second-order valence-electron chi connectivity index (χ2n) is 15.1. The molecule has 7 N–H and O–H groups in total. The minimum absolute atomic E-state index is 0.0136. The summed E-state index contributed by atoms with van der Waals surface area (Å²) in [5.74, 6) is -8.25. The van der Waals surface area contributed by atoms with Crippen LogP contribution in [0.1, 0.15) is 40.5 Å². The smallest absolute Gasteiger partial charge is 0.348 e. The Labute approximate surface area is 280 Å². The molecule has 1 spiro atoms. The van der Waals surface area contributed by atoms with Gasteiger partial charge in [-0.25, -0.2) is 9.59 Å². The lowest BCUT2D eigenvalue weighted by Crippen LogP contribution is -2.79. The molecule has 17 heteroatoms. The van der Waals surface area contributed by atoms with Crippen LogP contribution >= 0.6 is 0 Å². The van der Waals surface area contributed by atoms with E-state index in [1.54, 1.807) is 13.8 Å². The lowest BCUT2D eigenvalue weighted by atomic mass is 9.38. The molecule has 0 amide bonds. The van der Waals surface area contributed by atoms with Crippen molar-refractivity contribution in [3.05, 3.63) is 11.8 Å². The predicted molar refractivity (Wildman–Crippen MR) is 156 cm³/mol. The molecular weight excluding hydrogens is 656 g/mol. The van der Waals surface area contributed by atoms with E-state index < -0.39 is 138 Å². The molecule has 3 heterocycles. The Bertz CT molecular complexity index is 1420. The van der Waals surface area contributed by atoms with E-state index in [4.69, 9.17) is 28.4 Å². The Balaban J connectivity index is 1.47. The average Bonchev–Trinajstić information content (AvgIpc) is 3.33. The molecule has 0 aromatic rings. The van der Waals surface area contributed by atoms with Gasteiger partial charge in [0.25, 0.3) is 0 Å². The van der Waals surface area contributed by atoms with E-state index in [-0.39, 0.29) is 18.8 Å². The van der Waals surface area contributed by atoms with Crippen molar-refractivity contribution in [2.24, 2.45) is 34.5 Å². The summed E-state index contributed by atoms with van der Waals surface area (Å²) >= 11 is 0. The Kier molecular flexibility index (Phi) is 8.77. The number of carbonyl (C=O) groups is 4. The maximum Gasteiger partial charge on any atom is 0.348 e. The standard InChI is InChI=1S/C32H44O17/c1-11-12-6-15-31-10-45-32(28(42)44-5,24(31)22(26(41)48-15)49-16(34)8-29(2,3)43)25(40)21(39)23(31)30(12,4)7-13(17(11)35)46-27-20(38)19(37)18(36)14(9-33)47-27/h7,11-12,14-15,18-25,27,33,36-40,43H,6,8-10H2,1-5H3. The van der Waals surface area contributed by atoms with E-state index in [0.29, 0.717) is 0 Å². The highest BCUT2D eigenvalue weighted by Gasteiger charge is 2.85. The topological polar surface area (TPSA) is 265 Å². The molecule has 16 unspecified atom stereocenters. The van der Waals surface area contributed by atoms with E-state index in [0.717, 1.165) is 7.11 Å². The Hall–Kier alpha value is -2.74. The number of methoxy groups -OCH3 is 1. The first-order chi connectivity index (χ1) is 22.8. The van der Waals surface area contributed by atoms with Gasteiger partial charge in [-0.2, -0.15) is 0 Å². The van der Waals surface area contributed by atoms with E-state index in [2.05, 4.69) is 0 Å². The number of Topliss-reactive ketones (excluding diaryl/α,β-unsaturated/α-hetero) is 1. The first-order valence-corrected chi connectivity index (χ1v) is 16.2. The molecule has 2 saturated carbocycles. The lowest BCUT2D eigenvalue weighted by Gasteiger charge is -2.67. The van der Waals surface area contributed by atoms with Gasteiger partial charge in [0.1, 0.15) is 36.6 Å². The number of carbonyl (C=O) groups excluding carboxylic acids is 4. The fraction of sp³-hybridized carbons (Fsp3) is 0.812. The lowest BCUT2D eigenvalue weighted by molar-refractivity contribution is -0.296. The van der Waals surface area contributed by atoms with Gasteiger partial charge in [0, 0.05) is 17.3 Å². The van der Waals surface area contributed by atoms with E-state index in [1.807, 2.05) is 0 Å². The maximum absolute atomic E-state index is 13.8. The molecule has 3 saturated heterocycles. The summed E-state index contributed by atoms with van der Waals surface area (Å²) in [6.45, 7) is 4.87. The van der Waals surface area contributed by atoms with Gasteiger partial charge in [-0.05, 0) is 37.7 Å². The van der Waals surface area contributed by atoms with Crippen LogP contribution in [0.15, 0.2) is 11.8 Å². The van der Waals surface area contributed by atoms with Crippen molar-refractivity contribution in [2.75, 3.05) is 20.3 Å². The van der Waals surface area contributed by atoms with Crippen molar-refractivity contribution in [1.29, 1.82) is 0 Å². The summed E-state index contributed by atoms with van der Waals surface area (Å²) in [6.07, 6.45) is -14.2. The Morgan fingerprint density at radius 2 is 1.71 bits per heavy atom. The molecule has 274 valence electrons. The van der Waals surface area contributed by atoms with Crippen LogP contribution in [0.4, 0.5) is 0 Å². The minimum atomic E-state index is -2.39. The molecule has 17 nitrogen and oxygen atoms in total. The molecule has 6 rings (SSSR count). The molecule has 2 bridgehead atoms. The second kappa shape index (κ2) is 11.9. The molecule has 6 aliphatic rings. The molecule has 0 radical (unpaired) electrons. The monoisotopic (exact) mass is 700 g/mol. The highest BCUT2D eigenvalue weighted by Crippen LogP contribution is 2.72. The van der Waals surface area contributed by atoms with Crippen LogP contribution in [0.2, 0.25) is 0 Å². The normalized spacial score (nSPS) is 48.8. The molecule has 3 aliphatic carbocycles. The van der Waals surface area contributed by atoms with E-state index in [1.165, 1.54) is 19.9 Å². The van der Waals surface area contributed by atoms with Crippen LogP contribution < -0.4 is 0 Å². The zero-order chi connectivity index (χ0) is 36.2. The SMILES string of the molecule is COC(=O)C12OCC34C(CC5C(C)C(=O)C(OC6OC(CO)C(O)C(O)C6O)=CC5(C)C3C(O)C1O)OC(=O)C(OC(=O)CC(C)(C)O)C24. The van der Waals surface area contributed by atoms with Crippen molar-refractivity contribution in [2.45, 2.75) is 107 Å². The maximum atomic E-state index is 13.8. The summed E-state index contributed by atoms with van der Waals surface area (Å²) in [5.41, 5.74) is -6.75. The number of aliphatic hydroxyl groups is 7. The number of ketones is 1. The van der Waals surface area contributed by atoms with Gasteiger partial charge in [-0.15, -0.1) is 0 Å². The summed E-state index contributed by atoms with van der Waals surface area (Å²) in [4.78, 5) is 54.1. The fourth-order valence-corrected chi connectivity index (χ4v) is 9.71. The third kappa shape index (κ3) is 4.99. The van der Waals surface area contributed by atoms with Crippen molar-refractivity contribution in [3.8, 4) is 0 Å². The molecule has 3 aliphatic heterocycles. The van der Waals surface area contributed by atoms with E-state index in [9.17, 15) is 54.9 Å². The van der Waals surface area contributed by atoms with Crippen molar-refractivity contribution >= 4 is 23.7 Å². The highest BCUT2D eigenvalue weighted by atomic mass is 16.7. The number of aliphatic hydroxyl groups excluding tert-OH is 6. The van der Waals surface area contributed by atoms with Crippen molar-refractivity contribution < 1.29 is 83.3 Å². The highest BCUT2D eigenvalue weighted by molar-refractivity contribution is 5.96. The van der Waals surface area contributed by atoms with Crippen LogP contribution in [-0.4, -0.2) is 146 Å². The third-order valence-electron chi connectivity index (χ3n) is 11.7. The number of rotatable bonds is 7. The quantitative estimate of drug-likeness (QED) is 0.102. The predicted octanol–water partition coefficient (Wildman–Crippen LogP) is -3.17. The van der Waals surface area contributed by atoms with Crippen LogP contribution in [-0.2, 0) is 47.6 Å². The summed E-state index contributed by atoms with van der Waals surface area (Å²) in [7, 11) is 1.03. The Morgan fingerprint density at radius 3 is 2.33 bits per heavy atom. The second-order valence-corrected chi connectivity index (χ2v) is 15.1. The number of ether oxygens (including phenoxy) is 6. The first kappa shape index (κ1) is 36.1. The molecule has 49 heavy (non-hydrogen) atoms. The van der Waals surface area contributed by atoms with Crippen LogP contribution in [0.25, 0.3) is 0 Å². The average molecular weight is 701 g/mol. The zero-order valence-electron chi connectivity index (χ0n) is 27.6. The number of hydrogen-bond acceptors (Lipinski definition) is 17. The van der Waals surface area contributed by atoms with E-state index >= 15 is 0 Å². The van der Waals surface area contributed by atoms with Crippen molar-refractivity contribution in [3.63, 3.8) is 0 Å². The minimum Gasteiger partial charge on any atom is -0.467 e. The van der Waals surface area contributed by atoms with Crippen LogP contribution in [0.3, 0.4) is 0 Å². The van der Waals surface area contributed by atoms with Gasteiger partial charge in [0.2, 0.25) is 18.0 Å². The first-order valence-electron chi connectivity index (χ1n) is 16.2. The number of hydrogen-bond donors (Lipinski definition) is 7. The molecule has 0 aromatic carbocycles. The van der Waals surface area contributed by atoms with Gasteiger partial charge < -0.3 is 64.2 Å². The zero-order valence-corrected chi connectivity index (χ0v) is 27.6. The molecule has 0 aromatic heterocycles. The summed E-state index contributed by atoms with van der Waals surface area (Å²) in [6, 6.07) is 0. The van der Waals surface area contributed by atoms with Gasteiger partial charge in [-0.1, -0.05) is 13.8 Å². The number of allylic oxidation sites excluding steroid dienone is 2. The van der Waals surface area contributed by atoms with Gasteiger partial charge in [0.05, 0.1) is 44.4 Å².